The van der Waals surface area contributed by atoms with Gasteiger partial charge in [-0.3, -0.25) is 4.79 Å². The fraction of sp³-hybridized carbons (Fsp3) is 0.300. The Bertz CT molecular complexity index is 304. The molecule has 13 heavy (non-hydrogen) atoms. The van der Waals surface area contributed by atoms with Crippen LogP contribution >= 0.6 is 11.3 Å². The van der Waals surface area contributed by atoms with Gasteiger partial charge < -0.3 is 5.32 Å². The van der Waals surface area contributed by atoms with E-state index in [4.69, 9.17) is 0 Å². The van der Waals surface area contributed by atoms with Crippen LogP contribution in [0.2, 0.25) is 0 Å². The number of hydrogen-bond acceptors (Lipinski definition) is 2. The second-order valence-corrected chi connectivity index (χ2v) is 3.68. The topological polar surface area (TPSA) is 29.1 Å². The maximum atomic E-state index is 11.5. The van der Waals surface area contributed by atoms with E-state index in [0.29, 0.717) is 6.54 Å². The van der Waals surface area contributed by atoms with Crippen molar-refractivity contribution in [1.29, 1.82) is 0 Å². The van der Waals surface area contributed by atoms with Gasteiger partial charge in [-0.15, -0.1) is 17.9 Å². The first-order chi connectivity index (χ1) is 6.25. The van der Waals surface area contributed by atoms with Crippen molar-refractivity contribution in [2.24, 2.45) is 0 Å². The van der Waals surface area contributed by atoms with Gasteiger partial charge in [-0.1, -0.05) is 6.08 Å². The first kappa shape index (κ1) is 9.99. The number of rotatable bonds is 4. The molecule has 0 aliphatic carbocycles. The molecule has 0 aliphatic rings. The second-order valence-electron chi connectivity index (χ2n) is 2.77. The molecule has 0 aromatic carbocycles. The van der Waals surface area contributed by atoms with E-state index in [9.17, 15) is 4.79 Å². The Kier molecular flexibility index (Phi) is 3.71. The monoisotopic (exact) mass is 195 g/mol. The van der Waals surface area contributed by atoms with Crippen LogP contribution < -0.4 is 5.32 Å². The number of aryl methyl sites for hydroxylation is 1. The summed E-state index contributed by atoms with van der Waals surface area (Å²) < 4.78 is 0. The van der Waals surface area contributed by atoms with E-state index in [1.807, 2.05) is 18.4 Å². The molecular formula is C10H13NOS. The molecule has 1 amide bonds. The van der Waals surface area contributed by atoms with E-state index in [1.54, 1.807) is 6.08 Å². The summed E-state index contributed by atoms with van der Waals surface area (Å²) in [5.74, 6) is 0.0225. The zero-order chi connectivity index (χ0) is 9.68. The zero-order valence-electron chi connectivity index (χ0n) is 7.67. The van der Waals surface area contributed by atoms with Crippen LogP contribution in [0, 0.1) is 6.92 Å². The molecule has 1 rings (SSSR count). The summed E-state index contributed by atoms with van der Waals surface area (Å²) in [4.78, 5) is 12.3. The molecule has 0 aliphatic heterocycles. The molecule has 1 aromatic heterocycles. The number of carbonyl (C=O) groups excluding carboxylic acids is 1. The first-order valence-electron chi connectivity index (χ1n) is 4.19. The van der Waals surface area contributed by atoms with Gasteiger partial charge in [0, 0.05) is 6.54 Å². The Morgan fingerprint density at radius 2 is 2.54 bits per heavy atom. The van der Waals surface area contributed by atoms with Crippen LogP contribution in [-0.4, -0.2) is 12.5 Å². The minimum Gasteiger partial charge on any atom is -0.351 e. The number of hydrogen-bond donors (Lipinski definition) is 1. The summed E-state index contributed by atoms with van der Waals surface area (Å²) in [6.07, 6.45) is 2.61. The lowest BCUT2D eigenvalue weighted by Gasteiger charge is -2.01. The number of thiophene rings is 1. The van der Waals surface area contributed by atoms with Crippen molar-refractivity contribution < 1.29 is 4.79 Å². The van der Waals surface area contributed by atoms with Crippen LogP contribution in [0.1, 0.15) is 21.7 Å². The fourth-order valence-electron chi connectivity index (χ4n) is 0.973. The maximum absolute atomic E-state index is 11.5. The highest BCUT2D eigenvalue weighted by Gasteiger charge is 2.08. The Morgan fingerprint density at radius 1 is 1.77 bits per heavy atom. The third-order valence-corrected chi connectivity index (χ3v) is 2.72. The van der Waals surface area contributed by atoms with E-state index in [2.05, 4.69) is 11.9 Å². The molecule has 0 fully saturated rings. The molecule has 0 saturated carbocycles. The zero-order valence-corrected chi connectivity index (χ0v) is 8.49. The highest BCUT2D eigenvalue weighted by molar-refractivity contribution is 7.12. The molecule has 0 spiro atoms. The number of nitrogens with one attached hydrogen (secondary N) is 1. The van der Waals surface area contributed by atoms with Crippen LogP contribution in [0.15, 0.2) is 24.1 Å². The molecule has 0 unspecified atom stereocenters. The molecular weight excluding hydrogens is 182 g/mol. The summed E-state index contributed by atoms with van der Waals surface area (Å²) >= 11 is 1.48. The van der Waals surface area contributed by atoms with Crippen molar-refractivity contribution in [1.82, 2.24) is 5.32 Å². The Labute approximate surface area is 82.3 Å². The molecule has 1 aromatic rings. The molecule has 0 radical (unpaired) electrons. The Hall–Kier alpha value is -1.09. The van der Waals surface area contributed by atoms with Gasteiger partial charge >= 0.3 is 0 Å². The largest absolute Gasteiger partial charge is 0.351 e. The predicted molar refractivity (Wildman–Crippen MR) is 56.2 cm³/mol. The maximum Gasteiger partial charge on any atom is 0.261 e. The van der Waals surface area contributed by atoms with E-state index >= 15 is 0 Å². The highest BCUT2D eigenvalue weighted by Crippen LogP contribution is 2.14. The summed E-state index contributed by atoms with van der Waals surface area (Å²) in [6.45, 7) is 6.20. The second kappa shape index (κ2) is 4.82. The van der Waals surface area contributed by atoms with Crippen LogP contribution in [0.25, 0.3) is 0 Å². The lowest BCUT2D eigenvalue weighted by molar-refractivity contribution is 0.0958. The molecule has 1 heterocycles. The molecule has 1 N–H and O–H groups in total. The summed E-state index contributed by atoms with van der Waals surface area (Å²) in [5.41, 5.74) is 1.04. The molecule has 0 bridgehead atoms. The van der Waals surface area contributed by atoms with Gasteiger partial charge in [0.15, 0.2) is 0 Å². The van der Waals surface area contributed by atoms with Gasteiger partial charge in [-0.25, -0.2) is 0 Å². The van der Waals surface area contributed by atoms with Crippen LogP contribution in [-0.2, 0) is 0 Å². The van der Waals surface area contributed by atoms with Crippen molar-refractivity contribution >= 4 is 17.2 Å². The number of carbonyl (C=O) groups is 1. The van der Waals surface area contributed by atoms with Gasteiger partial charge in [0.25, 0.3) is 5.91 Å². The molecule has 2 nitrogen and oxygen atoms in total. The SMILES string of the molecule is C=CCCNC(=O)c1sccc1C. The quantitative estimate of drug-likeness (QED) is 0.580. The molecule has 3 heteroatoms. The van der Waals surface area contributed by atoms with Gasteiger partial charge in [-0.05, 0) is 30.4 Å². The van der Waals surface area contributed by atoms with Gasteiger partial charge in [0.1, 0.15) is 0 Å². The first-order valence-corrected chi connectivity index (χ1v) is 5.07. The van der Waals surface area contributed by atoms with Crippen LogP contribution in [0.4, 0.5) is 0 Å². The summed E-state index contributed by atoms with van der Waals surface area (Å²) in [5, 5.41) is 4.76. The highest BCUT2D eigenvalue weighted by atomic mass is 32.1. The molecule has 70 valence electrons. The lowest BCUT2D eigenvalue weighted by Crippen LogP contribution is -2.23. The average molecular weight is 195 g/mol. The average Bonchev–Trinajstić information content (AvgIpc) is 2.52. The lowest BCUT2D eigenvalue weighted by atomic mass is 10.3. The van der Waals surface area contributed by atoms with Gasteiger partial charge in [0.05, 0.1) is 4.88 Å². The third-order valence-electron chi connectivity index (χ3n) is 1.70. The van der Waals surface area contributed by atoms with Gasteiger partial charge in [-0.2, -0.15) is 0 Å². The van der Waals surface area contributed by atoms with E-state index in [0.717, 1.165) is 16.9 Å². The minimum atomic E-state index is 0.0225. The van der Waals surface area contributed by atoms with Crippen molar-refractivity contribution in [2.45, 2.75) is 13.3 Å². The molecule has 0 saturated heterocycles. The van der Waals surface area contributed by atoms with Crippen molar-refractivity contribution in [3.8, 4) is 0 Å². The van der Waals surface area contributed by atoms with Crippen molar-refractivity contribution in [3.05, 3.63) is 34.5 Å². The Balaban J connectivity index is 2.49. The smallest absolute Gasteiger partial charge is 0.261 e. The van der Waals surface area contributed by atoms with E-state index in [-0.39, 0.29) is 5.91 Å². The standard InChI is InChI=1S/C10H13NOS/c1-3-4-6-11-10(12)9-8(2)5-7-13-9/h3,5,7H,1,4,6H2,2H3,(H,11,12). The third kappa shape index (κ3) is 2.70. The summed E-state index contributed by atoms with van der Waals surface area (Å²) in [7, 11) is 0. The summed E-state index contributed by atoms with van der Waals surface area (Å²) in [6, 6.07) is 1.95. The van der Waals surface area contributed by atoms with Crippen LogP contribution in [0.3, 0.4) is 0 Å². The molecule has 0 atom stereocenters. The minimum absolute atomic E-state index is 0.0225. The van der Waals surface area contributed by atoms with Crippen LogP contribution in [0.5, 0.6) is 0 Å². The normalized spacial score (nSPS) is 9.62. The predicted octanol–water partition coefficient (Wildman–Crippen LogP) is 2.36. The Morgan fingerprint density at radius 3 is 3.08 bits per heavy atom. The number of amides is 1. The van der Waals surface area contributed by atoms with Crippen molar-refractivity contribution in [2.75, 3.05) is 6.54 Å². The van der Waals surface area contributed by atoms with E-state index < -0.39 is 0 Å². The van der Waals surface area contributed by atoms with Crippen molar-refractivity contribution in [3.63, 3.8) is 0 Å². The fourth-order valence-corrected chi connectivity index (χ4v) is 1.81. The van der Waals surface area contributed by atoms with Gasteiger partial charge in [0.2, 0.25) is 0 Å². The van der Waals surface area contributed by atoms with E-state index in [1.165, 1.54) is 11.3 Å².